The van der Waals surface area contributed by atoms with Crippen LogP contribution in [0.25, 0.3) is 11.1 Å². The highest BCUT2D eigenvalue weighted by Gasteiger charge is 2.34. The molecule has 0 radical (unpaired) electrons. The van der Waals surface area contributed by atoms with Crippen LogP contribution in [0, 0.1) is 0 Å². The van der Waals surface area contributed by atoms with Crippen LogP contribution in [-0.2, 0) is 11.0 Å². The van der Waals surface area contributed by atoms with Gasteiger partial charge in [0.15, 0.2) is 5.78 Å². The maximum absolute atomic E-state index is 13.2. The maximum Gasteiger partial charge on any atom is 0.420 e. The van der Waals surface area contributed by atoms with E-state index >= 15 is 0 Å². The Kier molecular flexibility index (Phi) is 6.69. The van der Waals surface area contributed by atoms with E-state index in [1.165, 1.54) is 6.07 Å². The Labute approximate surface area is 176 Å². The van der Waals surface area contributed by atoms with Gasteiger partial charge in [0.2, 0.25) is 5.91 Å². The molecule has 0 spiro atoms. The number of alkyl halides is 3. The summed E-state index contributed by atoms with van der Waals surface area (Å²) < 4.78 is 44.7. The number of nitrogens with zero attached hydrogens (tertiary/aromatic N) is 1. The number of rotatable bonds is 7. The van der Waals surface area contributed by atoms with E-state index in [0.29, 0.717) is 5.56 Å². The highest BCUT2D eigenvalue weighted by atomic mass is 19.4. The summed E-state index contributed by atoms with van der Waals surface area (Å²) in [5.74, 6) is -1.48. The number of carbonyl (C=O) groups is 2. The Balaban J connectivity index is 1.72. The van der Waals surface area contributed by atoms with Gasteiger partial charge in [0.05, 0.1) is 18.6 Å². The van der Waals surface area contributed by atoms with Gasteiger partial charge in [0.1, 0.15) is 5.75 Å². The van der Waals surface area contributed by atoms with Gasteiger partial charge in [-0.2, -0.15) is 13.2 Å². The largest absolute Gasteiger partial charge is 0.493 e. The number of benzene rings is 2. The number of hydrogen-bond donors (Lipinski definition) is 1. The highest BCUT2D eigenvalue weighted by molar-refractivity contribution is 6.11. The summed E-state index contributed by atoms with van der Waals surface area (Å²) in [4.78, 5) is 28.7. The van der Waals surface area contributed by atoms with E-state index in [-0.39, 0.29) is 18.0 Å². The molecule has 0 fully saturated rings. The molecule has 160 valence electrons. The average molecular weight is 428 g/mol. The predicted octanol–water partition coefficient (Wildman–Crippen LogP) is 5.38. The van der Waals surface area contributed by atoms with Crippen molar-refractivity contribution in [2.45, 2.75) is 19.5 Å². The molecule has 3 rings (SSSR count). The van der Waals surface area contributed by atoms with Crippen LogP contribution in [0.3, 0.4) is 0 Å². The van der Waals surface area contributed by atoms with E-state index < -0.39 is 29.9 Å². The molecule has 0 aliphatic heterocycles. The fraction of sp³-hybridized carbons (Fsp3) is 0.174. The Morgan fingerprint density at radius 3 is 2.42 bits per heavy atom. The topological polar surface area (TPSA) is 68.3 Å². The summed E-state index contributed by atoms with van der Waals surface area (Å²) in [5, 5.41) is 2.35. The first kappa shape index (κ1) is 22.0. The third-order valence-electron chi connectivity index (χ3n) is 4.39. The number of anilines is 1. The number of ketones is 1. The molecule has 5 nitrogen and oxygen atoms in total. The van der Waals surface area contributed by atoms with Gasteiger partial charge < -0.3 is 10.1 Å². The van der Waals surface area contributed by atoms with Crippen molar-refractivity contribution >= 4 is 17.4 Å². The van der Waals surface area contributed by atoms with Crippen molar-refractivity contribution in [2.24, 2.45) is 0 Å². The Morgan fingerprint density at radius 1 is 1.00 bits per heavy atom. The molecule has 2 aromatic carbocycles. The van der Waals surface area contributed by atoms with Gasteiger partial charge in [-0.05, 0) is 54.4 Å². The van der Waals surface area contributed by atoms with E-state index in [0.717, 1.165) is 23.3 Å². The zero-order valence-electron chi connectivity index (χ0n) is 16.6. The highest BCUT2D eigenvalue weighted by Crippen LogP contribution is 2.38. The molecule has 1 heterocycles. The summed E-state index contributed by atoms with van der Waals surface area (Å²) in [6, 6.07) is 13.6. The molecule has 0 bridgehead atoms. The summed E-state index contributed by atoms with van der Waals surface area (Å²) in [6.45, 7) is 1.65. The van der Waals surface area contributed by atoms with Crippen molar-refractivity contribution in [3.05, 3.63) is 78.1 Å². The smallest absolute Gasteiger partial charge is 0.420 e. The zero-order chi connectivity index (χ0) is 22.4. The average Bonchev–Trinajstić information content (AvgIpc) is 2.75. The maximum atomic E-state index is 13.2. The molecule has 1 N–H and O–H groups in total. The zero-order valence-corrected chi connectivity index (χ0v) is 16.6. The first-order chi connectivity index (χ1) is 14.8. The standard InChI is InChI=1S/C23H19F3N2O3/c1-2-31-21-7-6-18(13-19(21)23(24,25)26)28-22(30)14-20(29)17-5-3-4-16(12-17)15-8-10-27-11-9-15/h3-13H,2,14H2,1H3,(H,28,30). The molecule has 3 aromatic rings. The van der Waals surface area contributed by atoms with Crippen molar-refractivity contribution in [3.8, 4) is 16.9 Å². The minimum atomic E-state index is -4.64. The Hall–Kier alpha value is -3.68. The number of carbonyl (C=O) groups excluding carboxylic acids is 2. The van der Waals surface area contributed by atoms with Crippen molar-refractivity contribution in [1.82, 2.24) is 4.98 Å². The number of hydrogen-bond acceptors (Lipinski definition) is 4. The molecule has 1 amide bonds. The third kappa shape index (κ3) is 5.69. The number of nitrogens with one attached hydrogen (secondary N) is 1. The van der Waals surface area contributed by atoms with Crippen molar-refractivity contribution in [1.29, 1.82) is 0 Å². The van der Waals surface area contributed by atoms with E-state index in [1.54, 1.807) is 49.6 Å². The second kappa shape index (κ2) is 9.42. The molecule has 31 heavy (non-hydrogen) atoms. The quantitative estimate of drug-likeness (QED) is 0.405. The van der Waals surface area contributed by atoms with Crippen molar-refractivity contribution in [2.75, 3.05) is 11.9 Å². The molecule has 0 aliphatic carbocycles. The second-order valence-corrected chi connectivity index (χ2v) is 6.61. The first-order valence-corrected chi connectivity index (χ1v) is 9.45. The van der Waals surface area contributed by atoms with E-state index in [1.807, 2.05) is 6.07 Å². The fourth-order valence-corrected chi connectivity index (χ4v) is 2.98. The normalized spacial score (nSPS) is 11.1. The summed E-state index contributed by atoms with van der Waals surface area (Å²) in [5.41, 5.74) is 0.910. The van der Waals surface area contributed by atoms with Crippen LogP contribution in [0.4, 0.5) is 18.9 Å². The van der Waals surface area contributed by atoms with Crippen LogP contribution in [0.15, 0.2) is 67.0 Å². The lowest BCUT2D eigenvalue weighted by molar-refractivity contribution is -0.138. The van der Waals surface area contributed by atoms with Crippen molar-refractivity contribution < 1.29 is 27.5 Å². The lowest BCUT2D eigenvalue weighted by Gasteiger charge is -2.15. The van der Waals surface area contributed by atoms with Crippen LogP contribution in [0.1, 0.15) is 29.3 Å². The number of amides is 1. The molecule has 8 heteroatoms. The molecule has 0 atom stereocenters. The number of pyridine rings is 1. The lowest BCUT2D eigenvalue weighted by Crippen LogP contribution is -2.17. The predicted molar refractivity (Wildman–Crippen MR) is 110 cm³/mol. The number of Topliss-reactive ketones (excluding diaryl/α,β-unsaturated/α-hetero) is 1. The summed E-state index contributed by atoms with van der Waals surface area (Å²) >= 11 is 0. The van der Waals surface area contributed by atoms with Gasteiger partial charge in [-0.1, -0.05) is 18.2 Å². The number of aromatic nitrogens is 1. The van der Waals surface area contributed by atoms with E-state index in [4.69, 9.17) is 4.74 Å². The van der Waals surface area contributed by atoms with Gasteiger partial charge in [-0.3, -0.25) is 14.6 Å². The second-order valence-electron chi connectivity index (χ2n) is 6.61. The van der Waals surface area contributed by atoms with Crippen LogP contribution < -0.4 is 10.1 Å². The van der Waals surface area contributed by atoms with Crippen molar-refractivity contribution in [3.63, 3.8) is 0 Å². The van der Waals surface area contributed by atoms with Gasteiger partial charge in [-0.15, -0.1) is 0 Å². The molecular weight excluding hydrogens is 409 g/mol. The summed E-state index contributed by atoms with van der Waals surface area (Å²) in [7, 11) is 0. The lowest BCUT2D eigenvalue weighted by atomic mass is 10.0. The van der Waals surface area contributed by atoms with E-state index in [9.17, 15) is 22.8 Å². The van der Waals surface area contributed by atoms with Gasteiger partial charge in [0, 0.05) is 23.6 Å². The Bertz CT molecular complexity index is 1080. The molecular formula is C23H19F3N2O3. The molecule has 0 saturated carbocycles. The number of ether oxygens (including phenoxy) is 1. The first-order valence-electron chi connectivity index (χ1n) is 9.45. The van der Waals surface area contributed by atoms with Gasteiger partial charge in [0.25, 0.3) is 0 Å². The third-order valence-corrected chi connectivity index (χ3v) is 4.39. The fourth-order valence-electron chi connectivity index (χ4n) is 2.98. The molecule has 0 saturated heterocycles. The van der Waals surface area contributed by atoms with Crippen LogP contribution in [-0.4, -0.2) is 23.3 Å². The number of halogens is 3. The summed E-state index contributed by atoms with van der Waals surface area (Å²) in [6.07, 6.45) is -1.89. The van der Waals surface area contributed by atoms with Crippen LogP contribution >= 0.6 is 0 Å². The monoisotopic (exact) mass is 428 g/mol. The molecule has 0 unspecified atom stereocenters. The molecule has 0 aliphatic rings. The molecule has 1 aromatic heterocycles. The Morgan fingerprint density at radius 2 is 1.74 bits per heavy atom. The van der Waals surface area contributed by atoms with E-state index in [2.05, 4.69) is 10.3 Å². The van der Waals surface area contributed by atoms with Gasteiger partial charge in [-0.25, -0.2) is 0 Å². The SMILES string of the molecule is CCOc1ccc(NC(=O)CC(=O)c2cccc(-c3ccncc3)c2)cc1C(F)(F)F. The van der Waals surface area contributed by atoms with Crippen LogP contribution in [0.2, 0.25) is 0 Å². The minimum Gasteiger partial charge on any atom is -0.493 e. The van der Waals surface area contributed by atoms with Gasteiger partial charge >= 0.3 is 6.18 Å². The van der Waals surface area contributed by atoms with Crippen LogP contribution in [0.5, 0.6) is 5.75 Å². The minimum absolute atomic E-state index is 0.0703.